The Morgan fingerprint density at radius 1 is 0.677 bits per heavy atom. The van der Waals surface area contributed by atoms with E-state index in [-0.39, 0.29) is 81.2 Å². The first kappa shape index (κ1) is 79.9. The first-order chi connectivity index (χ1) is 44.0. The van der Waals surface area contributed by atoms with Crippen LogP contribution in [0.2, 0.25) is 0 Å². The summed E-state index contributed by atoms with van der Waals surface area (Å²) in [5, 5.41) is 30.5. The molecule has 25 nitrogen and oxygen atoms in total. The minimum absolute atomic E-state index is 0.0187. The van der Waals surface area contributed by atoms with Gasteiger partial charge in [-0.2, -0.15) is 0 Å². The second-order valence-corrected chi connectivity index (χ2v) is 25.7. The van der Waals surface area contributed by atoms with Crippen molar-refractivity contribution >= 4 is 65.1 Å². The number of hydrogen-bond acceptors (Lipinski definition) is 14. The minimum Gasteiger partial charge on any atom is -0.445 e. The predicted molar refractivity (Wildman–Crippen MR) is 355 cm³/mol. The zero-order valence-corrected chi connectivity index (χ0v) is 57.8. The number of nitrogens with zero attached hydrogens (tertiary/aromatic N) is 3. The van der Waals surface area contributed by atoms with Crippen molar-refractivity contribution in [1.29, 1.82) is 0 Å². The van der Waals surface area contributed by atoms with Gasteiger partial charge >= 0.3 is 12.1 Å². The van der Waals surface area contributed by atoms with Crippen molar-refractivity contribution in [3.05, 3.63) is 65.7 Å². The summed E-state index contributed by atoms with van der Waals surface area (Å²) in [5.74, 6) is -5.39. The quantitative estimate of drug-likeness (QED) is 0.0342. The average Bonchev–Trinajstić information content (AvgIpc) is 1.85. The van der Waals surface area contributed by atoms with Crippen molar-refractivity contribution in [1.82, 2.24) is 46.6 Å². The second-order valence-electron chi connectivity index (χ2n) is 25.7. The van der Waals surface area contributed by atoms with Crippen molar-refractivity contribution in [2.45, 2.75) is 220 Å². The first-order valence-electron chi connectivity index (χ1n) is 33.2. The van der Waals surface area contributed by atoms with E-state index in [1.165, 1.54) is 26.2 Å². The highest BCUT2D eigenvalue weighted by Crippen LogP contribution is 2.31. The predicted octanol–water partition coefficient (Wildman–Crippen LogP) is 6.07. The molecule has 0 saturated carbocycles. The number of carbonyl (C=O) groups excluding carboxylic acids is 10. The number of aliphatic hydroxyl groups is 1. The molecule has 0 aromatic heterocycles. The Hall–Kier alpha value is -7.38. The van der Waals surface area contributed by atoms with Crippen molar-refractivity contribution in [2.24, 2.45) is 35.3 Å². The van der Waals surface area contributed by atoms with E-state index < -0.39 is 120 Å². The third-order valence-electron chi connectivity index (χ3n) is 17.4. The van der Waals surface area contributed by atoms with Gasteiger partial charge < -0.3 is 72.1 Å². The summed E-state index contributed by atoms with van der Waals surface area (Å²) in [6.07, 6.45) is 2.35. The molecule has 0 unspecified atom stereocenters. The Bertz CT molecular complexity index is 2700. The maximum atomic E-state index is 14.8. The molecule has 25 heteroatoms. The van der Waals surface area contributed by atoms with Gasteiger partial charge in [-0.3, -0.25) is 43.3 Å². The highest BCUT2D eigenvalue weighted by Gasteiger charge is 2.44. The van der Waals surface area contributed by atoms with E-state index in [0.29, 0.717) is 49.2 Å². The van der Waals surface area contributed by atoms with Crippen LogP contribution in [0.1, 0.15) is 170 Å². The van der Waals surface area contributed by atoms with Crippen LogP contribution in [0.3, 0.4) is 0 Å². The molecule has 11 amide bonds. The number of ether oxygens (including phenoxy) is 3. The van der Waals surface area contributed by atoms with Gasteiger partial charge in [0.1, 0.15) is 30.8 Å². The van der Waals surface area contributed by atoms with Crippen LogP contribution in [0.25, 0.3) is 0 Å². The lowest BCUT2D eigenvalue weighted by Gasteiger charge is -2.41. The molecule has 1 fully saturated rings. The highest BCUT2D eigenvalue weighted by atomic mass is 16.6. The monoisotopic (exact) mass is 1310 g/mol. The van der Waals surface area contributed by atoms with Gasteiger partial charge in [-0.1, -0.05) is 131 Å². The maximum Gasteiger partial charge on any atom is 0.410 e. The van der Waals surface area contributed by atoms with Crippen LogP contribution >= 0.6 is 0 Å². The topological polar surface area (TPSA) is 339 Å². The van der Waals surface area contributed by atoms with E-state index in [1.54, 1.807) is 109 Å². The van der Waals surface area contributed by atoms with Crippen LogP contribution < -0.4 is 43.0 Å². The Kier molecular flexibility index (Phi) is 34.9. The number of unbranched alkanes of at least 4 members (excludes halogenated alkanes) is 2. The van der Waals surface area contributed by atoms with E-state index in [4.69, 9.17) is 19.9 Å². The normalized spacial score (nSPS) is 16.6. The number of likely N-dealkylation sites (tertiary alicyclic amines) is 1. The molecule has 10 N–H and O–H groups in total. The third kappa shape index (κ3) is 25.5. The summed E-state index contributed by atoms with van der Waals surface area (Å²) in [4.78, 5) is 140. The van der Waals surface area contributed by atoms with Crippen LogP contribution in [-0.4, -0.2) is 182 Å². The number of urea groups is 1. The van der Waals surface area contributed by atoms with Gasteiger partial charge in [0.15, 0.2) is 0 Å². The van der Waals surface area contributed by atoms with Gasteiger partial charge in [0.2, 0.25) is 47.3 Å². The van der Waals surface area contributed by atoms with E-state index >= 15 is 0 Å². The van der Waals surface area contributed by atoms with E-state index in [2.05, 4.69) is 44.1 Å². The molecule has 0 aliphatic carbocycles. The summed E-state index contributed by atoms with van der Waals surface area (Å²) < 4.78 is 17.8. The van der Waals surface area contributed by atoms with Gasteiger partial charge in [-0.05, 0) is 92.4 Å². The molecule has 3 rings (SSSR count). The molecule has 1 heterocycles. The number of carbonyl (C=O) groups is 10. The van der Waals surface area contributed by atoms with Crippen molar-refractivity contribution < 1.29 is 67.3 Å². The van der Waals surface area contributed by atoms with Crippen LogP contribution in [0.15, 0.2) is 54.6 Å². The van der Waals surface area contributed by atoms with Crippen molar-refractivity contribution in [3.8, 4) is 0 Å². The number of primary amides is 1. The molecule has 2 aromatic carbocycles. The van der Waals surface area contributed by atoms with E-state index in [9.17, 15) is 53.1 Å². The van der Waals surface area contributed by atoms with Gasteiger partial charge in [0.25, 0.3) is 0 Å². The van der Waals surface area contributed by atoms with Crippen LogP contribution in [0.4, 0.5) is 15.3 Å². The number of hydrogen-bond donors (Lipinski definition) is 9. The van der Waals surface area contributed by atoms with Crippen molar-refractivity contribution in [2.75, 3.05) is 53.3 Å². The average molecular weight is 1310 g/mol. The standard InChI is InChI=1S/C68H111N11O14/c1-16-18-22-36-70-53(80)30-23-31-54(81)75-56(41(3)4)64(86)74-50(28-24-37-71-67(69)89)63(85)73-49-34-32-47(33-35-49)40-93-68(90)78(13)58(43(7)8)65(87)76-57(42(5)6)66(88)77(12)59(44(9)17-2)52(91-14)39-55(82)79-38-25-29-51(79)61(92-15)45(10)62(84)72-46(11)60(83)48-26-20-19-21-27-48/h19-21,26-27,32-35,41-46,50-52,56-61,83H,16-18,22-25,28-31,36-40H2,1-15H3,(H,70,80)(H,72,84)(H,73,85)(H,74,86)(H,75,81)(H,76,87)(H3,69,71,89)/t44-,45+,46+,50-,51-,52+,56-,57-,58-,59-,60+,61+/m0/s1. The number of rotatable bonds is 40. The molecule has 0 radical (unpaired) electrons. The molecular formula is C68H111N11O14. The molecule has 522 valence electrons. The molecule has 1 aliphatic rings. The number of likely N-dealkylation sites (N-methyl/N-ethyl adjacent to an activating group) is 2. The SMILES string of the molecule is CCCCCNC(=O)CCCC(=O)N[C@H](C(=O)N[C@@H](CCCNC(N)=O)C(=O)Nc1ccc(COC(=O)N(C)[C@H](C(=O)N[C@H](C(=O)N(C)[C@@H]([C@@H](C)CC)[C@@H](CC(=O)N2CCC[C@H]2[C@H](OC)[C@@H](C)C(=O)N[C@H](C)[C@@H](O)c2ccccc2)OC)C(C)C)C(C)C)cc1)C(C)C. The lowest BCUT2D eigenvalue weighted by molar-refractivity contribution is -0.148. The summed E-state index contributed by atoms with van der Waals surface area (Å²) in [6, 6.07) is 8.82. The number of amides is 11. The fraction of sp³-hybridized carbons (Fsp3) is 0.676. The highest BCUT2D eigenvalue weighted by molar-refractivity contribution is 5.98. The van der Waals surface area contributed by atoms with Gasteiger partial charge in [-0.25, -0.2) is 9.59 Å². The number of nitrogens with two attached hydrogens (primary N) is 1. The van der Waals surface area contributed by atoms with Crippen molar-refractivity contribution in [3.63, 3.8) is 0 Å². The second kappa shape index (κ2) is 40.7. The van der Waals surface area contributed by atoms with Crippen LogP contribution in [0, 0.1) is 29.6 Å². The van der Waals surface area contributed by atoms with Gasteiger partial charge in [-0.15, -0.1) is 0 Å². The third-order valence-corrected chi connectivity index (χ3v) is 17.4. The molecule has 0 spiro atoms. The summed E-state index contributed by atoms with van der Waals surface area (Å²) >= 11 is 0. The smallest absolute Gasteiger partial charge is 0.410 e. The van der Waals surface area contributed by atoms with Gasteiger partial charge in [0, 0.05) is 66.5 Å². The number of anilines is 1. The largest absolute Gasteiger partial charge is 0.445 e. The zero-order valence-electron chi connectivity index (χ0n) is 57.8. The maximum absolute atomic E-state index is 14.8. The molecule has 2 aromatic rings. The molecule has 93 heavy (non-hydrogen) atoms. The summed E-state index contributed by atoms with van der Waals surface area (Å²) in [5.41, 5.74) is 6.79. The molecular weight excluding hydrogens is 1190 g/mol. The lowest BCUT2D eigenvalue weighted by Crippen LogP contribution is -2.60. The number of aliphatic hydroxyl groups excluding tert-OH is 1. The van der Waals surface area contributed by atoms with Gasteiger partial charge in [0.05, 0.1) is 48.8 Å². The first-order valence-corrected chi connectivity index (χ1v) is 33.2. The van der Waals surface area contributed by atoms with E-state index in [0.717, 1.165) is 19.3 Å². The zero-order chi connectivity index (χ0) is 69.6. The van der Waals surface area contributed by atoms with Crippen LogP contribution in [-0.2, 0) is 59.2 Å². The minimum atomic E-state index is -1.10. The van der Waals surface area contributed by atoms with E-state index in [1.807, 2.05) is 32.0 Å². The fourth-order valence-corrected chi connectivity index (χ4v) is 11.8. The Balaban J connectivity index is 1.69. The molecule has 1 saturated heterocycles. The fourth-order valence-electron chi connectivity index (χ4n) is 11.8. The number of nitrogens with one attached hydrogen (secondary N) is 7. The molecule has 12 atom stereocenters. The lowest BCUT2D eigenvalue weighted by atomic mass is 9.89. The molecule has 1 aliphatic heterocycles. The Morgan fingerprint density at radius 3 is 1.89 bits per heavy atom. The number of methoxy groups -OCH3 is 2. The number of benzene rings is 2. The summed E-state index contributed by atoms with van der Waals surface area (Å²) in [6.45, 7) is 21.1. The molecule has 0 bridgehead atoms. The van der Waals surface area contributed by atoms with Crippen LogP contribution in [0.5, 0.6) is 0 Å². The Morgan fingerprint density at radius 2 is 1.31 bits per heavy atom. The summed E-state index contributed by atoms with van der Waals surface area (Å²) in [7, 11) is 6.09. The Labute approximate surface area is 551 Å².